The first kappa shape index (κ1) is 20.3. The first-order valence-corrected chi connectivity index (χ1v) is 9.63. The van der Waals surface area contributed by atoms with E-state index in [0.717, 1.165) is 31.7 Å². The van der Waals surface area contributed by atoms with Crippen LogP contribution in [0.5, 0.6) is 0 Å². The molecule has 0 bridgehead atoms. The van der Waals surface area contributed by atoms with Gasteiger partial charge in [0.2, 0.25) is 5.69 Å². The molecule has 3 nitrogen and oxygen atoms in total. The molecule has 3 rings (SSSR count). The fraction of sp³-hybridized carbons (Fsp3) is 0.409. The predicted octanol–water partition coefficient (Wildman–Crippen LogP) is 5.94. The van der Waals surface area contributed by atoms with Crippen LogP contribution in [0.25, 0.3) is 4.85 Å². The molecule has 1 atom stereocenters. The number of likely N-dealkylation sites (tertiary alicyclic amines) is 1. The lowest BCUT2D eigenvalue weighted by molar-refractivity contribution is 0.407. The van der Waals surface area contributed by atoms with Crippen LogP contribution in [0.1, 0.15) is 31.4 Å². The van der Waals surface area contributed by atoms with E-state index in [1.54, 1.807) is 0 Å². The van der Waals surface area contributed by atoms with Gasteiger partial charge in [-0.1, -0.05) is 55.8 Å². The lowest BCUT2D eigenvalue weighted by atomic mass is 10.1. The van der Waals surface area contributed by atoms with Crippen molar-refractivity contribution in [3.8, 4) is 0 Å². The molecule has 0 aliphatic carbocycles. The highest BCUT2D eigenvalue weighted by Crippen LogP contribution is 2.33. The molecule has 1 heterocycles. The molecule has 0 radical (unpaired) electrons. The molecule has 0 unspecified atom stereocenters. The maximum Gasteiger partial charge on any atom is 0.205 e. The number of rotatable bonds is 4. The SMILES string of the molecule is CC.[C-]#[N+]c1ccc(N(Cc2ccccc2C)[C@H]2CCN(C)C2)cc1Cl. The van der Waals surface area contributed by atoms with Crippen molar-refractivity contribution in [1.29, 1.82) is 0 Å². The van der Waals surface area contributed by atoms with Gasteiger partial charge in [-0.15, -0.1) is 0 Å². The quantitative estimate of drug-likeness (QED) is 0.618. The Morgan fingerprint density at radius 2 is 1.96 bits per heavy atom. The number of halogens is 1. The van der Waals surface area contributed by atoms with Gasteiger partial charge in [0.25, 0.3) is 0 Å². The van der Waals surface area contributed by atoms with Crippen molar-refractivity contribution in [2.75, 3.05) is 25.0 Å². The summed E-state index contributed by atoms with van der Waals surface area (Å²) in [5.74, 6) is 0. The Morgan fingerprint density at radius 1 is 1.23 bits per heavy atom. The molecule has 26 heavy (non-hydrogen) atoms. The first-order valence-electron chi connectivity index (χ1n) is 9.25. The van der Waals surface area contributed by atoms with Crippen LogP contribution in [0.3, 0.4) is 0 Å². The van der Waals surface area contributed by atoms with Crippen molar-refractivity contribution in [3.05, 3.63) is 70.0 Å². The van der Waals surface area contributed by atoms with E-state index in [4.69, 9.17) is 18.2 Å². The Balaban J connectivity index is 0.00000117. The van der Waals surface area contributed by atoms with Gasteiger partial charge in [0.1, 0.15) is 0 Å². The van der Waals surface area contributed by atoms with Gasteiger partial charge in [-0.25, -0.2) is 4.85 Å². The Bertz CT molecular complexity index is 766. The van der Waals surface area contributed by atoms with Crippen LogP contribution >= 0.6 is 11.6 Å². The summed E-state index contributed by atoms with van der Waals surface area (Å²) in [5.41, 5.74) is 4.24. The molecule has 0 amide bonds. The molecular formula is C22H28ClN3. The van der Waals surface area contributed by atoms with Crippen LogP contribution in [-0.2, 0) is 6.54 Å². The van der Waals surface area contributed by atoms with E-state index in [9.17, 15) is 0 Å². The molecule has 1 saturated heterocycles. The highest BCUT2D eigenvalue weighted by Gasteiger charge is 2.26. The minimum Gasteiger partial charge on any atom is -0.363 e. The summed E-state index contributed by atoms with van der Waals surface area (Å²) < 4.78 is 0. The molecule has 2 aromatic carbocycles. The van der Waals surface area contributed by atoms with E-state index in [0.29, 0.717) is 16.8 Å². The van der Waals surface area contributed by atoms with Crippen LogP contribution in [-0.4, -0.2) is 31.1 Å². The summed E-state index contributed by atoms with van der Waals surface area (Å²) in [6.07, 6.45) is 1.14. The highest BCUT2D eigenvalue weighted by molar-refractivity contribution is 6.33. The van der Waals surface area contributed by atoms with Gasteiger partial charge in [0, 0.05) is 29.8 Å². The zero-order valence-electron chi connectivity index (χ0n) is 16.2. The second-order valence-corrected chi connectivity index (χ2v) is 6.91. The highest BCUT2D eigenvalue weighted by atomic mass is 35.5. The predicted molar refractivity (Wildman–Crippen MR) is 112 cm³/mol. The molecule has 1 fully saturated rings. The Hall–Kier alpha value is -2.02. The zero-order valence-corrected chi connectivity index (χ0v) is 16.9. The van der Waals surface area contributed by atoms with E-state index in [-0.39, 0.29) is 0 Å². The van der Waals surface area contributed by atoms with Gasteiger partial charge in [-0.3, -0.25) is 0 Å². The van der Waals surface area contributed by atoms with Crippen LogP contribution in [0.2, 0.25) is 5.02 Å². The normalized spacial score (nSPS) is 16.5. The second kappa shape index (κ2) is 9.62. The third kappa shape index (κ3) is 4.78. The zero-order chi connectivity index (χ0) is 19.1. The monoisotopic (exact) mass is 369 g/mol. The molecule has 4 heteroatoms. The summed E-state index contributed by atoms with van der Waals surface area (Å²) in [6.45, 7) is 16.4. The van der Waals surface area contributed by atoms with Crippen LogP contribution < -0.4 is 4.90 Å². The molecule has 138 valence electrons. The average Bonchev–Trinajstić information content (AvgIpc) is 3.08. The van der Waals surface area contributed by atoms with Gasteiger partial charge >= 0.3 is 0 Å². The molecule has 1 aliphatic rings. The largest absolute Gasteiger partial charge is 0.363 e. The molecule has 0 aromatic heterocycles. The van der Waals surface area contributed by atoms with Gasteiger partial charge in [0.15, 0.2) is 0 Å². The summed E-state index contributed by atoms with van der Waals surface area (Å²) in [7, 11) is 2.17. The molecule has 0 spiro atoms. The van der Waals surface area contributed by atoms with Crippen molar-refractivity contribution >= 4 is 23.0 Å². The second-order valence-electron chi connectivity index (χ2n) is 6.51. The minimum atomic E-state index is 0.462. The van der Waals surface area contributed by atoms with Gasteiger partial charge in [-0.2, -0.15) is 0 Å². The Kier molecular flexibility index (Phi) is 7.50. The number of anilines is 1. The van der Waals surface area contributed by atoms with E-state index in [2.05, 4.69) is 52.9 Å². The molecule has 1 aliphatic heterocycles. The maximum atomic E-state index is 7.18. The minimum absolute atomic E-state index is 0.462. The molecule has 2 aromatic rings. The van der Waals surface area contributed by atoms with Gasteiger partial charge in [0.05, 0.1) is 6.57 Å². The van der Waals surface area contributed by atoms with Crippen LogP contribution in [0.4, 0.5) is 11.4 Å². The number of likely N-dealkylation sites (N-methyl/N-ethyl adjacent to an activating group) is 1. The number of nitrogens with zero attached hydrogens (tertiary/aromatic N) is 3. The van der Waals surface area contributed by atoms with E-state index in [1.807, 2.05) is 32.0 Å². The smallest absolute Gasteiger partial charge is 0.205 e. The Labute approximate surface area is 163 Å². The number of hydrogen-bond acceptors (Lipinski definition) is 2. The third-order valence-corrected chi connectivity index (χ3v) is 5.10. The summed E-state index contributed by atoms with van der Waals surface area (Å²) >= 11 is 6.29. The van der Waals surface area contributed by atoms with Crippen molar-refractivity contribution in [3.63, 3.8) is 0 Å². The lowest BCUT2D eigenvalue weighted by Gasteiger charge is -2.32. The average molecular weight is 370 g/mol. The topological polar surface area (TPSA) is 10.8 Å². The first-order chi connectivity index (χ1) is 12.6. The standard InChI is InChI=1S/C20H22ClN3.C2H6/c1-15-6-4-5-7-16(15)13-24(18-10-11-23(3)14-18)17-8-9-20(22-2)19(21)12-17;1-2/h4-9,12,18H,10-11,13-14H2,1,3H3;1-2H3/t18-;/m0./s1. The number of hydrogen-bond donors (Lipinski definition) is 0. The van der Waals surface area contributed by atoms with Crippen molar-refractivity contribution < 1.29 is 0 Å². The fourth-order valence-corrected chi connectivity index (χ4v) is 3.55. The van der Waals surface area contributed by atoms with Crippen molar-refractivity contribution in [1.82, 2.24) is 4.90 Å². The third-order valence-electron chi connectivity index (χ3n) is 4.79. The van der Waals surface area contributed by atoms with Crippen molar-refractivity contribution in [2.24, 2.45) is 0 Å². The molecule has 0 saturated carbocycles. The maximum absolute atomic E-state index is 7.18. The van der Waals surface area contributed by atoms with Crippen LogP contribution in [0.15, 0.2) is 42.5 Å². The summed E-state index contributed by atoms with van der Waals surface area (Å²) in [5, 5.41) is 0.531. The van der Waals surface area contributed by atoms with Crippen molar-refractivity contribution in [2.45, 2.75) is 39.8 Å². The van der Waals surface area contributed by atoms with E-state index in [1.165, 1.54) is 11.1 Å². The summed E-state index contributed by atoms with van der Waals surface area (Å²) in [4.78, 5) is 8.27. The molecular weight excluding hydrogens is 342 g/mol. The fourth-order valence-electron chi connectivity index (χ4n) is 3.33. The Morgan fingerprint density at radius 3 is 2.54 bits per heavy atom. The van der Waals surface area contributed by atoms with E-state index < -0.39 is 0 Å². The molecule has 0 N–H and O–H groups in total. The number of aryl methyl sites for hydroxylation is 1. The van der Waals surface area contributed by atoms with Gasteiger partial charge in [-0.05, 0) is 50.2 Å². The summed E-state index contributed by atoms with van der Waals surface area (Å²) in [6, 6.07) is 14.8. The van der Waals surface area contributed by atoms with Crippen LogP contribution in [0, 0.1) is 13.5 Å². The number of benzene rings is 2. The van der Waals surface area contributed by atoms with Gasteiger partial charge < -0.3 is 9.80 Å². The lowest BCUT2D eigenvalue weighted by Crippen LogP contribution is -2.36. The van der Waals surface area contributed by atoms with E-state index >= 15 is 0 Å².